The molecule has 0 amide bonds. The van der Waals surface area contributed by atoms with Gasteiger partial charge in [0.2, 0.25) is 5.89 Å². The fourth-order valence-corrected chi connectivity index (χ4v) is 3.79. The fraction of sp³-hybridized carbons (Fsp3) is 0.250. The minimum atomic E-state index is -0.998. The molecule has 5 rings (SSSR count). The van der Waals surface area contributed by atoms with Crippen molar-refractivity contribution < 1.29 is 14.0 Å². The van der Waals surface area contributed by atoms with Crippen molar-refractivity contribution in [3.63, 3.8) is 0 Å². The number of hydrogen-bond donors (Lipinski definition) is 1. The Morgan fingerprint density at radius 3 is 2.81 bits per heavy atom. The Bertz CT molecular complexity index is 1590. The van der Waals surface area contributed by atoms with Crippen LogP contribution in [0.2, 0.25) is 5.02 Å². The lowest BCUT2D eigenvalue weighted by atomic mass is 10.2. The molecule has 0 aliphatic heterocycles. The van der Waals surface area contributed by atoms with Crippen LogP contribution in [0.1, 0.15) is 23.6 Å². The van der Waals surface area contributed by atoms with Gasteiger partial charge in [-0.2, -0.15) is 10.1 Å². The monoisotopic (exact) mass is 456 g/mol. The molecule has 0 saturated carbocycles. The molecule has 0 aliphatic rings. The van der Waals surface area contributed by atoms with Crippen molar-refractivity contribution in [2.45, 2.75) is 19.1 Å². The highest BCUT2D eigenvalue weighted by molar-refractivity contribution is 6.31. The van der Waals surface area contributed by atoms with Gasteiger partial charge < -0.3 is 14.0 Å². The largest absolute Gasteiger partial charge is 0.458 e. The molecular formula is C20H17ClN6O5. The number of furan rings is 1. The minimum Gasteiger partial charge on any atom is -0.458 e. The van der Waals surface area contributed by atoms with Gasteiger partial charge in [-0.05, 0) is 24.3 Å². The molecule has 0 unspecified atom stereocenters. The molecule has 32 heavy (non-hydrogen) atoms. The van der Waals surface area contributed by atoms with Crippen LogP contribution in [0.3, 0.4) is 0 Å². The summed E-state index contributed by atoms with van der Waals surface area (Å²) in [6.45, 7) is -0.0793. The highest BCUT2D eigenvalue weighted by Gasteiger charge is 2.19. The second kappa shape index (κ2) is 7.46. The first-order valence-corrected chi connectivity index (χ1v) is 9.99. The number of fused-ring (bicyclic) bond motifs is 2. The third-order valence-corrected chi connectivity index (χ3v) is 5.50. The first-order valence-electron chi connectivity index (χ1n) is 9.62. The molecule has 0 aliphatic carbocycles. The smallest absolute Gasteiger partial charge is 0.328 e. The van der Waals surface area contributed by atoms with E-state index in [-0.39, 0.29) is 35.9 Å². The van der Waals surface area contributed by atoms with Crippen LogP contribution in [0, 0.1) is 0 Å². The summed E-state index contributed by atoms with van der Waals surface area (Å²) in [6.07, 6.45) is 0.487. The van der Waals surface area contributed by atoms with Crippen LogP contribution in [0.15, 0.2) is 49.0 Å². The normalized spacial score (nSPS) is 12.8. The quantitative estimate of drug-likeness (QED) is 0.421. The van der Waals surface area contributed by atoms with Gasteiger partial charge in [-0.25, -0.2) is 9.48 Å². The van der Waals surface area contributed by atoms with E-state index in [0.717, 1.165) is 10.1 Å². The van der Waals surface area contributed by atoms with E-state index in [0.29, 0.717) is 21.9 Å². The summed E-state index contributed by atoms with van der Waals surface area (Å²) in [4.78, 5) is 29.1. The van der Waals surface area contributed by atoms with Crippen molar-refractivity contribution in [2.24, 2.45) is 14.1 Å². The maximum atomic E-state index is 12.8. The predicted molar refractivity (Wildman–Crippen MR) is 114 cm³/mol. The number of aliphatic hydroxyl groups excluding tert-OH is 1. The summed E-state index contributed by atoms with van der Waals surface area (Å²) >= 11 is 5.98. The Labute approximate surface area is 184 Å². The zero-order chi connectivity index (χ0) is 22.6. The van der Waals surface area contributed by atoms with E-state index < -0.39 is 11.7 Å². The number of nitrogens with zero attached hydrogens (tertiary/aromatic N) is 6. The summed E-state index contributed by atoms with van der Waals surface area (Å²) in [7, 11) is 3.09. The van der Waals surface area contributed by atoms with Gasteiger partial charge >= 0.3 is 5.69 Å². The van der Waals surface area contributed by atoms with Gasteiger partial charge in [-0.15, -0.1) is 0 Å². The molecule has 0 bridgehead atoms. The second-order valence-corrected chi connectivity index (χ2v) is 7.83. The van der Waals surface area contributed by atoms with Crippen LogP contribution in [0.4, 0.5) is 0 Å². The first kappa shape index (κ1) is 20.2. The van der Waals surface area contributed by atoms with Gasteiger partial charge in [-0.1, -0.05) is 16.8 Å². The van der Waals surface area contributed by atoms with Gasteiger partial charge in [0.15, 0.2) is 5.82 Å². The van der Waals surface area contributed by atoms with E-state index in [4.69, 9.17) is 20.5 Å². The molecule has 12 heteroatoms. The summed E-state index contributed by atoms with van der Waals surface area (Å²) in [5.41, 5.74) is 0.489. The van der Waals surface area contributed by atoms with E-state index >= 15 is 0 Å². The number of halogens is 1. The maximum absolute atomic E-state index is 12.8. The van der Waals surface area contributed by atoms with Crippen LogP contribution in [0.25, 0.3) is 22.0 Å². The highest BCUT2D eigenvalue weighted by Crippen LogP contribution is 2.27. The van der Waals surface area contributed by atoms with Crippen molar-refractivity contribution in [1.29, 1.82) is 0 Å². The number of benzene rings is 1. The van der Waals surface area contributed by atoms with Gasteiger partial charge in [-0.3, -0.25) is 13.9 Å². The Hall–Kier alpha value is -3.70. The van der Waals surface area contributed by atoms with Crippen molar-refractivity contribution in [3.05, 3.63) is 73.8 Å². The van der Waals surface area contributed by atoms with Gasteiger partial charge in [0.1, 0.15) is 29.5 Å². The standard InChI is InChI=1S/C20H17ClN6O5/c1-25-12-8-22-27(19(29)18(12)26(2)20(25)30)9-17-23-16(24-32-17)7-13(28)15-6-10-5-11(21)3-4-14(10)31-15/h3-6,8,13,28H,7,9H2,1-2H3/t13-/m0/s1. The Morgan fingerprint density at radius 2 is 2.00 bits per heavy atom. The Morgan fingerprint density at radius 1 is 1.19 bits per heavy atom. The molecule has 0 radical (unpaired) electrons. The molecule has 1 aromatic carbocycles. The number of hydrogen-bond acceptors (Lipinski definition) is 8. The number of aromatic nitrogens is 6. The number of aryl methyl sites for hydroxylation is 2. The van der Waals surface area contributed by atoms with Crippen molar-refractivity contribution in [2.75, 3.05) is 0 Å². The van der Waals surface area contributed by atoms with Crippen molar-refractivity contribution in [3.8, 4) is 0 Å². The lowest BCUT2D eigenvalue weighted by Crippen LogP contribution is -2.26. The van der Waals surface area contributed by atoms with Crippen LogP contribution in [-0.4, -0.2) is 34.2 Å². The Kier molecular flexibility index (Phi) is 4.72. The lowest BCUT2D eigenvalue weighted by molar-refractivity contribution is 0.149. The summed E-state index contributed by atoms with van der Waals surface area (Å²) < 4.78 is 14.6. The lowest BCUT2D eigenvalue weighted by Gasteiger charge is -2.03. The molecule has 4 aromatic heterocycles. The number of imidazole rings is 1. The summed E-state index contributed by atoms with van der Waals surface area (Å²) in [5, 5.41) is 19.8. The van der Waals surface area contributed by atoms with E-state index in [2.05, 4.69) is 15.2 Å². The van der Waals surface area contributed by atoms with E-state index in [1.807, 2.05) is 0 Å². The Balaban J connectivity index is 1.37. The molecule has 11 nitrogen and oxygen atoms in total. The van der Waals surface area contributed by atoms with E-state index in [9.17, 15) is 14.7 Å². The third-order valence-electron chi connectivity index (χ3n) is 5.27. The van der Waals surface area contributed by atoms with Gasteiger partial charge in [0.05, 0.1) is 11.7 Å². The molecule has 4 heterocycles. The van der Waals surface area contributed by atoms with Crippen LogP contribution >= 0.6 is 11.6 Å². The van der Waals surface area contributed by atoms with E-state index in [1.165, 1.54) is 22.4 Å². The molecule has 5 aromatic rings. The first-order chi connectivity index (χ1) is 15.3. The molecule has 1 atom stereocenters. The predicted octanol–water partition coefficient (Wildman–Crippen LogP) is 1.54. The van der Waals surface area contributed by atoms with E-state index in [1.54, 1.807) is 31.3 Å². The zero-order valence-electron chi connectivity index (χ0n) is 17.0. The highest BCUT2D eigenvalue weighted by atomic mass is 35.5. The molecule has 0 saturated heterocycles. The maximum Gasteiger partial charge on any atom is 0.328 e. The van der Waals surface area contributed by atoms with Gasteiger partial charge in [0.25, 0.3) is 5.56 Å². The molecule has 164 valence electrons. The summed E-state index contributed by atoms with van der Waals surface area (Å²) in [6, 6.07) is 6.88. The van der Waals surface area contributed by atoms with Crippen molar-refractivity contribution in [1.82, 2.24) is 29.1 Å². The zero-order valence-corrected chi connectivity index (χ0v) is 17.8. The topological polar surface area (TPSA) is 134 Å². The molecular weight excluding hydrogens is 440 g/mol. The number of aliphatic hydroxyl groups is 1. The molecule has 0 spiro atoms. The van der Waals surface area contributed by atoms with Crippen molar-refractivity contribution >= 4 is 33.6 Å². The summed E-state index contributed by atoms with van der Waals surface area (Å²) in [5.74, 6) is 0.729. The van der Waals surface area contributed by atoms with Crippen LogP contribution in [0.5, 0.6) is 0 Å². The fourth-order valence-electron chi connectivity index (χ4n) is 3.60. The van der Waals surface area contributed by atoms with Gasteiger partial charge in [0, 0.05) is 30.9 Å². The molecule has 1 N–H and O–H groups in total. The van der Waals surface area contributed by atoms with Crippen LogP contribution in [-0.2, 0) is 27.1 Å². The van der Waals surface area contributed by atoms with Crippen LogP contribution < -0.4 is 11.2 Å². The second-order valence-electron chi connectivity index (χ2n) is 7.40. The molecule has 0 fully saturated rings. The average Bonchev–Trinajstić information content (AvgIpc) is 3.44. The minimum absolute atomic E-state index is 0.0472. The average molecular weight is 457 g/mol. The third kappa shape index (κ3) is 3.31. The SMILES string of the molecule is Cn1c(=O)n(C)c2c(=O)n(Cc3nc(C[C@H](O)c4cc5cc(Cl)ccc5o4)no3)ncc21. The number of rotatable bonds is 5.